The van der Waals surface area contributed by atoms with Gasteiger partial charge in [-0.25, -0.2) is 0 Å². The monoisotopic (exact) mass is 325 g/mol. The van der Waals surface area contributed by atoms with Crippen molar-refractivity contribution in [3.63, 3.8) is 0 Å². The van der Waals surface area contributed by atoms with Crippen LogP contribution in [0.3, 0.4) is 0 Å². The minimum absolute atomic E-state index is 0.270. The van der Waals surface area contributed by atoms with Gasteiger partial charge in [-0.05, 0) is 35.4 Å². The minimum Gasteiger partial charge on any atom is -0.491 e. The van der Waals surface area contributed by atoms with Gasteiger partial charge in [-0.15, -0.1) is 0 Å². The molecular weight excluding hydrogens is 302 g/mol. The van der Waals surface area contributed by atoms with Crippen molar-refractivity contribution in [2.24, 2.45) is 0 Å². The summed E-state index contributed by atoms with van der Waals surface area (Å²) >= 11 is 0. The molecule has 0 bridgehead atoms. The number of ether oxygens (including phenoxy) is 1. The second kappa shape index (κ2) is 7.95. The molecule has 0 radical (unpaired) electrons. The van der Waals surface area contributed by atoms with Gasteiger partial charge < -0.3 is 15.2 Å². The normalized spacial score (nSPS) is 12.4. The van der Waals surface area contributed by atoms with Gasteiger partial charge in [0.2, 0.25) is 0 Å². The number of hydrogen-bond donors (Lipinski definition) is 2. The van der Waals surface area contributed by atoms with Crippen molar-refractivity contribution in [3.8, 4) is 5.75 Å². The number of benzene rings is 2. The molecule has 0 fully saturated rings. The third kappa shape index (κ3) is 4.57. The van der Waals surface area contributed by atoms with Crippen LogP contribution in [0.4, 0.5) is 0 Å². The van der Waals surface area contributed by atoms with Crippen LogP contribution in [0, 0.1) is 6.92 Å². The van der Waals surface area contributed by atoms with Crippen LogP contribution < -0.4 is 10.1 Å². The Balaban J connectivity index is 1.39. The van der Waals surface area contributed by atoms with Crippen molar-refractivity contribution in [1.82, 2.24) is 15.1 Å². The Kier molecular flexibility index (Phi) is 5.46. The molecule has 0 amide bonds. The first-order valence-electron chi connectivity index (χ1n) is 8.20. The first kappa shape index (κ1) is 16.5. The second-order valence-corrected chi connectivity index (χ2v) is 5.96. The van der Waals surface area contributed by atoms with Crippen molar-refractivity contribution in [3.05, 3.63) is 60.4 Å². The maximum atomic E-state index is 10.0. The summed E-state index contributed by atoms with van der Waals surface area (Å²) in [5, 5.41) is 19.8. The quantitative estimate of drug-likeness (QED) is 0.624. The molecule has 2 aromatic carbocycles. The van der Waals surface area contributed by atoms with Crippen LogP contribution in [0.2, 0.25) is 0 Å². The predicted molar refractivity (Wildman–Crippen MR) is 95.3 cm³/mol. The van der Waals surface area contributed by atoms with Crippen LogP contribution in [0.15, 0.2) is 54.9 Å². The molecule has 0 saturated heterocycles. The lowest BCUT2D eigenvalue weighted by molar-refractivity contribution is 0.106. The molecule has 0 saturated carbocycles. The third-order valence-electron chi connectivity index (χ3n) is 3.82. The van der Waals surface area contributed by atoms with E-state index in [2.05, 4.69) is 22.5 Å². The third-order valence-corrected chi connectivity index (χ3v) is 3.82. The SMILES string of the molecule is Cc1cnn(CCNC[C@H](O)COc2ccc3ccccc3c2)c1. The van der Waals surface area contributed by atoms with E-state index in [0.29, 0.717) is 6.54 Å². The summed E-state index contributed by atoms with van der Waals surface area (Å²) in [6.45, 7) is 4.32. The van der Waals surface area contributed by atoms with Gasteiger partial charge in [0.05, 0.1) is 12.7 Å². The van der Waals surface area contributed by atoms with Gasteiger partial charge in [0.1, 0.15) is 18.5 Å². The molecule has 5 nitrogen and oxygen atoms in total. The van der Waals surface area contributed by atoms with E-state index in [-0.39, 0.29) is 6.61 Å². The topological polar surface area (TPSA) is 59.3 Å². The van der Waals surface area contributed by atoms with Crippen LogP contribution in [0.5, 0.6) is 5.75 Å². The van der Waals surface area contributed by atoms with Crippen LogP contribution in [0.25, 0.3) is 10.8 Å². The molecule has 0 aliphatic rings. The van der Waals surface area contributed by atoms with E-state index in [0.717, 1.165) is 29.8 Å². The van der Waals surface area contributed by atoms with E-state index in [1.807, 2.05) is 54.3 Å². The van der Waals surface area contributed by atoms with E-state index in [1.165, 1.54) is 5.39 Å². The zero-order valence-corrected chi connectivity index (χ0v) is 13.9. The highest BCUT2D eigenvalue weighted by Crippen LogP contribution is 2.20. The highest BCUT2D eigenvalue weighted by molar-refractivity contribution is 5.83. The molecule has 126 valence electrons. The fourth-order valence-corrected chi connectivity index (χ4v) is 2.56. The van der Waals surface area contributed by atoms with E-state index < -0.39 is 6.10 Å². The summed E-state index contributed by atoms with van der Waals surface area (Å²) in [5.74, 6) is 0.778. The van der Waals surface area contributed by atoms with Crippen molar-refractivity contribution >= 4 is 10.8 Å². The highest BCUT2D eigenvalue weighted by atomic mass is 16.5. The summed E-state index contributed by atoms with van der Waals surface area (Å²) in [6.07, 6.45) is 3.29. The number of aryl methyl sites for hydroxylation is 1. The fourth-order valence-electron chi connectivity index (χ4n) is 2.56. The Morgan fingerprint density at radius 2 is 2.04 bits per heavy atom. The summed E-state index contributed by atoms with van der Waals surface area (Å²) in [4.78, 5) is 0. The Labute approximate surface area is 141 Å². The number of nitrogens with zero attached hydrogens (tertiary/aromatic N) is 2. The summed E-state index contributed by atoms with van der Waals surface area (Å²) in [5.41, 5.74) is 1.15. The molecule has 1 heterocycles. The largest absolute Gasteiger partial charge is 0.491 e. The number of fused-ring (bicyclic) bond motifs is 1. The zero-order chi connectivity index (χ0) is 16.8. The van der Waals surface area contributed by atoms with E-state index in [1.54, 1.807) is 0 Å². The fraction of sp³-hybridized carbons (Fsp3) is 0.316. The van der Waals surface area contributed by atoms with Gasteiger partial charge in [-0.3, -0.25) is 4.68 Å². The molecule has 3 rings (SSSR count). The van der Waals surface area contributed by atoms with E-state index in [9.17, 15) is 5.11 Å². The smallest absolute Gasteiger partial charge is 0.120 e. The molecule has 24 heavy (non-hydrogen) atoms. The Hall–Kier alpha value is -2.37. The van der Waals surface area contributed by atoms with Gasteiger partial charge >= 0.3 is 0 Å². The summed E-state index contributed by atoms with van der Waals surface area (Å²) in [7, 11) is 0. The number of rotatable bonds is 8. The molecule has 5 heteroatoms. The van der Waals surface area contributed by atoms with Crippen molar-refractivity contribution in [2.75, 3.05) is 19.7 Å². The van der Waals surface area contributed by atoms with Gasteiger partial charge in [-0.1, -0.05) is 30.3 Å². The number of aliphatic hydroxyl groups is 1. The van der Waals surface area contributed by atoms with E-state index >= 15 is 0 Å². The summed E-state index contributed by atoms with van der Waals surface area (Å²) < 4.78 is 7.58. The van der Waals surface area contributed by atoms with Gasteiger partial charge in [-0.2, -0.15) is 5.10 Å². The molecule has 1 aromatic heterocycles. The lowest BCUT2D eigenvalue weighted by atomic mass is 10.1. The lowest BCUT2D eigenvalue weighted by Crippen LogP contribution is -2.33. The van der Waals surface area contributed by atoms with Crippen molar-refractivity contribution in [1.29, 1.82) is 0 Å². The first-order chi connectivity index (χ1) is 11.7. The number of nitrogens with one attached hydrogen (secondary N) is 1. The second-order valence-electron chi connectivity index (χ2n) is 5.96. The molecule has 3 aromatic rings. The Morgan fingerprint density at radius 3 is 2.83 bits per heavy atom. The molecule has 0 unspecified atom stereocenters. The zero-order valence-electron chi connectivity index (χ0n) is 13.9. The Bertz CT molecular complexity index is 785. The average molecular weight is 325 g/mol. The van der Waals surface area contributed by atoms with Crippen LogP contribution >= 0.6 is 0 Å². The summed E-state index contributed by atoms with van der Waals surface area (Å²) in [6, 6.07) is 14.1. The minimum atomic E-state index is -0.546. The van der Waals surface area contributed by atoms with Crippen LogP contribution in [-0.4, -0.2) is 40.7 Å². The molecular formula is C19H23N3O2. The number of hydrogen-bond acceptors (Lipinski definition) is 4. The van der Waals surface area contributed by atoms with Crippen LogP contribution in [-0.2, 0) is 6.54 Å². The number of aromatic nitrogens is 2. The molecule has 2 N–H and O–H groups in total. The first-order valence-corrected chi connectivity index (χ1v) is 8.20. The highest BCUT2D eigenvalue weighted by Gasteiger charge is 2.05. The standard InChI is InChI=1S/C19H23N3O2/c1-15-11-21-22(13-15)9-8-20-12-18(23)14-24-19-7-6-16-4-2-3-5-17(16)10-19/h2-7,10-11,13,18,20,23H,8-9,12,14H2,1H3/t18-/m0/s1. The van der Waals surface area contributed by atoms with Crippen molar-refractivity contribution in [2.45, 2.75) is 19.6 Å². The van der Waals surface area contributed by atoms with Crippen LogP contribution in [0.1, 0.15) is 5.56 Å². The van der Waals surface area contributed by atoms with Crippen molar-refractivity contribution < 1.29 is 9.84 Å². The van der Waals surface area contributed by atoms with Gasteiger partial charge in [0.25, 0.3) is 0 Å². The lowest BCUT2D eigenvalue weighted by Gasteiger charge is -2.13. The van der Waals surface area contributed by atoms with Gasteiger partial charge in [0.15, 0.2) is 0 Å². The maximum Gasteiger partial charge on any atom is 0.120 e. The molecule has 0 aliphatic heterocycles. The molecule has 1 atom stereocenters. The average Bonchev–Trinajstić information content (AvgIpc) is 3.02. The number of aliphatic hydroxyl groups excluding tert-OH is 1. The van der Waals surface area contributed by atoms with E-state index in [4.69, 9.17) is 4.74 Å². The van der Waals surface area contributed by atoms with Gasteiger partial charge in [0, 0.05) is 19.3 Å². The maximum absolute atomic E-state index is 10.0. The molecule has 0 spiro atoms. The molecule has 0 aliphatic carbocycles. The predicted octanol–water partition coefficient (Wildman–Crippen LogP) is 2.37. The Morgan fingerprint density at radius 1 is 1.21 bits per heavy atom.